The summed E-state index contributed by atoms with van der Waals surface area (Å²) in [6.45, 7) is -0.229. The highest BCUT2D eigenvalue weighted by Crippen LogP contribution is 2.25. The monoisotopic (exact) mass is 335 g/mol. The van der Waals surface area contributed by atoms with Crippen molar-refractivity contribution in [3.63, 3.8) is 0 Å². The zero-order valence-electron chi connectivity index (χ0n) is 13.3. The molecule has 1 heterocycles. The molecule has 2 rings (SSSR count). The summed E-state index contributed by atoms with van der Waals surface area (Å²) in [6.07, 6.45) is 1.92. The first kappa shape index (κ1) is 17.3. The molecule has 0 aromatic heterocycles. The molecule has 2 amide bonds. The number of methoxy groups -OCH3 is 2. The van der Waals surface area contributed by atoms with Crippen LogP contribution >= 0.6 is 0 Å². The van der Waals surface area contributed by atoms with Crippen LogP contribution in [-0.2, 0) is 19.1 Å². The van der Waals surface area contributed by atoms with Gasteiger partial charge in [-0.3, -0.25) is 4.79 Å². The van der Waals surface area contributed by atoms with Crippen molar-refractivity contribution in [2.45, 2.75) is 0 Å². The molecule has 0 N–H and O–H groups in total. The third-order valence-corrected chi connectivity index (χ3v) is 3.24. The van der Waals surface area contributed by atoms with Crippen LogP contribution in [0.1, 0.15) is 5.56 Å². The maximum absolute atomic E-state index is 11.7. The Morgan fingerprint density at radius 1 is 1.29 bits per heavy atom. The molecule has 1 aromatic carbocycles. The SMILES string of the molecule is COc1ccc(OC)c(/C=C/C(=O)OCC(=O)N2CCOC2=O)c1. The van der Waals surface area contributed by atoms with Crippen LogP contribution in [-0.4, -0.2) is 56.8 Å². The van der Waals surface area contributed by atoms with Crippen LogP contribution < -0.4 is 9.47 Å². The number of carbonyl (C=O) groups is 3. The number of esters is 1. The second kappa shape index (κ2) is 8.00. The predicted octanol–water partition coefficient (Wildman–Crippen LogP) is 1.24. The van der Waals surface area contributed by atoms with E-state index in [2.05, 4.69) is 4.74 Å². The third kappa shape index (κ3) is 4.25. The molecule has 1 saturated heterocycles. The summed E-state index contributed by atoms with van der Waals surface area (Å²) in [4.78, 5) is 35.5. The van der Waals surface area contributed by atoms with Gasteiger partial charge in [-0.25, -0.2) is 14.5 Å². The Bertz CT molecular complexity index is 668. The number of benzene rings is 1. The summed E-state index contributed by atoms with van der Waals surface area (Å²) < 4.78 is 19.7. The fraction of sp³-hybridized carbons (Fsp3) is 0.312. The van der Waals surface area contributed by atoms with Crippen LogP contribution in [0.15, 0.2) is 24.3 Å². The summed E-state index contributed by atoms with van der Waals surface area (Å²) in [5.41, 5.74) is 0.614. The van der Waals surface area contributed by atoms with Crippen molar-refractivity contribution < 1.29 is 33.3 Å². The lowest BCUT2D eigenvalue weighted by Crippen LogP contribution is -2.35. The molecule has 8 nitrogen and oxygen atoms in total. The molecule has 1 aromatic rings. The molecule has 0 saturated carbocycles. The van der Waals surface area contributed by atoms with Gasteiger partial charge in [0.05, 0.1) is 20.8 Å². The minimum atomic E-state index is -0.729. The maximum atomic E-state index is 11.7. The van der Waals surface area contributed by atoms with E-state index in [4.69, 9.17) is 14.2 Å². The van der Waals surface area contributed by atoms with Gasteiger partial charge in [-0.05, 0) is 24.3 Å². The molecule has 0 spiro atoms. The molecule has 0 aliphatic carbocycles. The Morgan fingerprint density at radius 2 is 2.08 bits per heavy atom. The minimum absolute atomic E-state index is 0.147. The lowest BCUT2D eigenvalue weighted by Gasteiger charge is -2.10. The van der Waals surface area contributed by atoms with E-state index in [1.165, 1.54) is 20.3 Å². The first-order valence-electron chi connectivity index (χ1n) is 7.09. The molecule has 1 aliphatic rings. The zero-order valence-corrected chi connectivity index (χ0v) is 13.3. The van der Waals surface area contributed by atoms with Crippen LogP contribution in [0.2, 0.25) is 0 Å². The van der Waals surface area contributed by atoms with Gasteiger partial charge in [0.25, 0.3) is 5.91 Å². The van der Waals surface area contributed by atoms with Crippen molar-refractivity contribution in [1.82, 2.24) is 4.90 Å². The Kier molecular flexibility index (Phi) is 5.78. The van der Waals surface area contributed by atoms with Crippen LogP contribution in [0.25, 0.3) is 6.08 Å². The van der Waals surface area contributed by atoms with Crippen LogP contribution in [0, 0.1) is 0 Å². The predicted molar refractivity (Wildman–Crippen MR) is 82.6 cm³/mol. The quantitative estimate of drug-likeness (QED) is 0.570. The van der Waals surface area contributed by atoms with E-state index in [0.29, 0.717) is 17.1 Å². The second-order valence-corrected chi connectivity index (χ2v) is 4.71. The molecule has 0 bridgehead atoms. The summed E-state index contributed by atoms with van der Waals surface area (Å²) in [5.74, 6) is -0.193. The lowest BCUT2D eigenvalue weighted by atomic mass is 10.1. The van der Waals surface area contributed by atoms with E-state index in [9.17, 15) is 14.4 Å². The van der Waals surface area contributed by atoms with Gasteiger partial charge in [0, 0.05) is 11.6 Å². The Morgan fingerprint density at radius 3 is 2.71 bits per heavy atom. The van der Waals surface area contributed by atoms with Gasteiger partial charge in [0.1, 0.15) is 18.1 Å². The average molecular weight is 335 g/mol. The Balaban J connectivity index is 1.93. The highest BCUT2D eigenvalue weighted by Gasteiger charge is 2.28. The number of carbonyl (C=O) groups excluding carboxylic acids is 3. The van der Waals surface area contributed by atoms with Gasteiger partial charge in [0.15, 0.2) is 6.61 Å². The first-order valence-corrected chi connectivity index (χ1v) is 7.09. The van der Waals surface area contributed by atoms with Gasteiger partial charge < -0.3 is 18.9 Å². The number of cyclic esters (lactones) is 1. The normalized spacial score (nSPS) is 13.8. The maximum Gasteiger partial charge on any atom is 0.416 e. The van der Waals surface area contributed by atoms with Crippen LogP contribution in [0.3, 0.4) is 0 Å². The zero-order chi connectivity index (χ0) is 17.5. The molecule has 0 unspecified atom stereocenters. The van der Waals surface area contributed by atoms with E-state index in [-0.39, 0.29) is 13.2 Å². The third-order valence-electron chi connectivity index (χ3n) is 3.24. The summed E-state index contributed by atoms with van der Waals surface area (Å²) in [7, 11) is 3.03. The highest BCUT2D eigenvalue weighted by atomic mass is 16.6. The highest BCUT2D eigenvalue weighted by molar-refractivity contribution is 5.95. The van der Waals surface area contributed by atoms with Crippen molar-refractivity contribution >= 4 is 24.0 Å². The van der Waals surface area contributed by atoms with Gasteiger partial charge in [-0.15, -0.1) is 0 Å². The number of nitrogens with zero attached hydrogens (tertiary/aromatic N) is 1. The van der Waals surface area contributed by atoms with Crippen molar-refractivity contribution in [3.05, 3.63) is 29.8 Å². The van der Waals surface area contributed by atoms with E-state index >= 15 is 0 Å². The fourth-order valence-electron chi connectivity index (χ4n) is 2.01. The smallest absolute Gasteiger partial charge is 0.416 e. The second-order valence-electron chi connectivity index (χ2n) is 4.71. The van der Waals surface area contributed by atoms with E-state index in [1.807, 2.05) is 0 Å². The molecule has 1 aliphatic heterocycles. The first-order chi connectivity index (χ1) is 11.5. The molecular weight excluding hydrogens is 318 g/mol. The van der Waals surface area contributed by atoms with Crippen molar-refractivity contribution in [2.75, 3.05) is 34.0 Å². The van der Waals surface area contributed by atoms with Gasteiger partial charge >= 0.3 is 12.1 Å². The minimum Gasteiger partial charge on any atom is -0.497 e. The Hall–Kier alpha value is -3.03. The summed E-state index contributed by atoms with van der Waals surface area (Å²) in [5, 5.41) is 0. The van der Waals surface area contributed by atoms with Gasteiger partial charge in [-0.1, -0.05) is 0 Å². The molecule has 8 heteroatoms. The average Bonchev–Trinajstić information content (AvgIpc) is 3.03. The summed E-state index contributed by atoms with van der Waals surface area (Å²) in [6, 6.07) is 5.11. The number of hydrogen-bond donors (Lipinski definition) is 0. The van der Waals surface area contributed by atoms with Crippen LogP contribution in [0.5, 0.6) is 11.5 Å². The molecule has 0 atom stereocenters. The number of imide groups is 1. The largest absolute Gasteiger partial charge is 0.497 e. The van der Waals surface area contributed by atoms with E-state index in [1.54, 1.807) is 18.2 Å². The topological polar surface area (TPSA) is 91.4 Å². The number of amides is 2. The van der Waals surface area contributed by atoms with Gasteiger partial charge in [0.2, 0.25) is 0 Å². The standard InChI is InChI=1S/C16H17NO7/c1-21-12-4-5-13(22-2)11(9-12)3-6-15(19)24-10-14(18)17-7-8-23-16(17)20/h3-6,9H,7-8,10H2,1-2H3/b6-3+. The molecule has 1 fully saturated rings. The van der Waals surface area contributed by atoms with E-state index in [0.717, 1.165) is 11.0 Å². The van der Waals surface area contributed by atoms with Crippen molar-refractivity contribution in [1.29, 1.82) is 0 Å². The fourth-order valence-corrected chi connectivity index (χ4v) is 2.01. The lowest BCUT2D eigenvalue weighted by molar-refractivity contribution is -0.146. The molecule has 24 heavy (non-hydrogen) atoms. The number of ether oxygens (including phenoxy) is 4. The van der Waals surface area contributed by atoms with Gasteiger partial charge in [-0.2, -0.15) is 0 Å². The van der Waals surface area contributed by atoms with Crippen molar-refractivity contribution in [2.24, 2.45) is 0 Å². The van der Waals surface area contributed by atoms with E-state index < -0.39 is 24.6 Å². The number of rotatable bonds is 6. The summed E-state index contributed by atoms with van der Waals surface area (Å²) >= 11 is 0. The number of hydrogen-bond acceptors (Lipinski definition) is 7. The van der Waals surface area contributed by atoms with Crippen LogP contribution in [0.4, 0.5) is 4.79 Å². The molecule has 128 valence electrons. The molecular formula is C16H17NO7. The van der Waals surface area contributed by atoms with Crippen molar-refractivity contribution in [3.8, 4) is 11.5 Å². The Labute approximate surface area is 138 Å². The molecule has 0 radical (unpaired) electrons.